The summed E-state index contributed by atoms with van der Waals surface area (Å²) in [7, 11) is 0. The van der Waals surface area contributed by atoms with Crippen LogP contribution >= 0.6 is 0 Å². The summed E-state index contributed by atoms with van der Waals surface area (Å²) in [6.45, 7) is 2.61. The molecule has 0 bridgehead atoms. The molecule has 0 saturated carbocycles. The molecule has 0 aromatic carbocycles. The van der Waals surface area contributed by atoms with Gasteiger partial charge in [-0.2, -0.15) is 18.2 Å². The Morgan fingerprint density at radius 3 is 2.59 bits per heavy atom. The molecule has 0 radical (unpaired) electrons. The van der Waals surface area contributed by atoms with Gasteiger partial charge in [0.25, 0.3) is 0 Å². The Balaban J connectivity index is 2.56. The summed E-state index contributed by atoms with van der Waals surface area (Å²) in [5.74, 6) is 0. The number of nitrogens with zero attached hydrogens (tertiary/aromatic N) is 2. The minimum atomic E-state index is -4.23. The van der Waals surface area contributed by atoms with E-state index in [0.29, 0.717) is 11.4 Å². The fourth-order valence-electron chi connectivity index (χ4n) is 1.47. The second kappa shape index (κ2) is 5.31. The van der Waals surface area contributed by atoms with Gasteiger partial charge in [0.15, 0.2) is 0 Å². The Kier molecular flexibility index (Phi) is 4.28. The molecule has 0 unspecified atom stereocenters. The molecule has 1 heterocycles. The molecule has 0 atom stereocenters. The number of halogens is 3. The molecule has 1 rings (SSSR count). The first kappa shape index (κ1) is 13.7. The van der Waals surface area contributed by atoms with Gasteiger partial charge in [0.1, 0.15) is 0 Å². The lowest BCUT2D eigenvalue weighted by Crippen LogP contribution is -2.34. The summed E-state index contributed by atoms with van der Waals surface area (Å²) in [4.78, 5) is 15.2. The van der Waals surface area contributed by atoms with Crippen molar-refractivity contribution < 1.29 is 13.2 Å². The molecule has 7 heteroatoms. The first-order valence-corrected chi connectivity index (χ1v) is 5.12. The number of rotatable bonds is 4. The largest absolute Gasteiger partial charge is 0.401 e. The van der Waals surface area contributed by atoms with Crippen molar-refractivity contribution in [1.29, 1.82) is 0 Å². The van der Waals surface area contributed by atoms with Gasteiger partial charge < -0.3 is 5.32 Å². The molecule has 0 saturated heterocycles. The van der Waals surface area contributed by atoms with Gasteiger partial charge in [0.05, 0.1) is 6.54 Å². The minimum Gasteiger partial charge on any atom is -0.307 e. The highest BCUT2D eigenvalue weighted by molar-refractivity contribution is 5.06. The Hall–Kier alpha value is -1.37. The van der Waals surface area contributed by atoms with E-state index in [-0.39, 0.29) is 13.1 Å². The number of hydrogen-bond acceptors (Lipinski definition) is 3. The normalized spacial score (nSPS) is 11.8. The van der Waals surface area contributed by atoms with E-state index in [1.54, 1.807) is 19.9 Å². The van der Waals surface area contributed by atoms with Gasteiger partial charge in [-0.3, -0.25) is 4.57 Å². The number of alkyl halides is 3. The van der Waals surface area contributed by atoms with Crippen LogP contribution in [0, 0.1) is 13.8 Å². The molecule has 17 heavy (non-hydrogen) atoms. The van der Waals surface area contributed by atoms with Crippen LogP contribution in [0.3, 0.4) is 0 Å². The SMILES string of the molecule is Cc1cc(C)n(CCNCC(F)(F)F)c(=O)n1. The lowest BCUT2D eigenvalue weighted by Gasteiger charge is -2.11. The van der Waals surface area contributed by atoms with Crippen LogP contribution in [-0.2, 0) is 6.54 Å². The monoisotopic (exact) mass is 249 g/mol. The van der Waals surface area contributed by atoms with E-state index in [1.165, 1.54) is 4.57 Å². The smallest absolute Gasteiger partial charge is 0.307 e. The quantitative estimate of drug-likeness (QED) is 0.810. The van der Waals surface area contributed by atoms with Crippen molar-refractivity contribution in [2.45, 2.75) is 26.6 Å². The van der Waals surface area contributed by atoms with Crippen LogP contribution in [0.1, 0.15) is 11.4 Å². The summed E-state index contributed by atoms with van der Waals surface area (Å²) in [6, 6.07) is 1.71. The zero-order valence-corrected chi connectivity index (χ0v) is 9.64. The summed E-state index contributed by atoms with van der Waals surface area (Å²) in [5, 5.41) is 2.23. The molecule has 0 aliphatic carbocycles. The van der Waals surface area contributed by atoms with Crippen molar-refractivity contribution >= 4 is 0 Å². The number of nitrogens with one attached hydrogen (secondary N) is 1. The van der Waals surface area contributed by atoms with E-state index < -0.39 is 18.4 Å². The van der Waals surface area contributed by atoms with Gasteiger partial charge in [-0.15, -0.1) is 0 Å². The molecule has 1 aromatic rings. The van der Waals surface area contributed by atoms with Crippen molar-refractivity contribution in [3.05, 3.63) is 27.9 Å². The van der Waals surface area contributed by atoms with Crippen LogP contribution in [0.5, 0.6) is 0 Å². The van der Waals surface area contributed by atoms with Gasteiger partial charge in [0, 0.05) is 24.5 Å². The van der Waals surface area contributed by atoms with Crippen molar-refractivity contribution in [3.63, 3.8) is 0 Å². The molecule has 1 aromatic heterocycles. The lowest BCUT2D eigenvalue weighted by molar-refractivity contribution is -0.124. The van der Waals surface area contributed by atoms with E-state index >= 15 is 0 Å². The molecule has 0 fully saturated rings. The highest BCUT2D eigenvalue weighted by atomic mass is 19.4. The average Bonchev–Trinajstić information content (AvgIpc) is 2.13. The second-order valence-corrected chi connectivity index (χ2v) is 3.77. The van der Waals surface area contributed by atoms with E-state index in [1.807, 2.05) is 0 Å². The van der Waals surface area contributed by atoms with Crippen LogP contribution in [0.4, 0.5) is 13.2 Å². The summed E-state index contributed by atoms with van der Waals surface area (Å²) in [5.41, 5.74) is 0.861. The third-order valence-corrected chi connectivity index (χ3v) is 2.18. The topological polar surface area (TPSA) is 46.9 Å². The van der Waals surface area contributed by atoms with Crippen LogP contribution in [0.2, 0.25) is 0 Å². The highest BCUT2D eigenvalue weighted by Gasteiger charge is 2.25. The molecule has 0 spiro atoms. The average molecular weight is 249 g/mol. The molecular formula is C10H14F3N3O. The third-order valence-electron chi connectivity index (χ3n) is 2.18. The minimum absolute atomic E-state index is 0.0744. The van der Waals surface area contributed by atoms with Crippen molar-refractivity contribution in [2.24, 2.45) is 0 Å². The third kappa shape index (κ3) is 4.56. The molecule has 0 aliphatic heterocycles. The lowest BCUT2D eigenvalue weighted by atomic mass is 10.3. The number of aromatic nitrogens is 2. The second-order valence-electron chi connectivity index (χ2n) is 3.77. The number of hydrogen-bond donors (Lipinski definition) is 1. The summed E-state index contributed by atoms with van der Waals surface area (Å²) >= 11 is 0. The van der Waals surface area contributed by atoms with E-state index in [0.717, 1.165) is 0 Å². The molecule has 1 N–H and O–H groups in total. The summed E-state index contributed by atoms with van der Waals surface area (Å²) < 4.78 is 36.9. The van der Waals surface area contributed by atoms with Crippen molar-refractivity contribution in [1.82, 2.24) is 14.9 Å². The maximum Gasteiger partial charge on any atom is 0.401 e. The standard InChI is InChI=1S/C10H14F3N3O/c1-7-5-8(2)16(9(17)15-7)4-3-14-6-10(11,12)13/h5,14H,3-4,6H2,1-2H3. The maximum atomic E-state index is 11.8. The van der Waals surface area contributed by atoms with Crippen LogP contribution in [-0.4, -0.2) is 28.8 Å². The van der Waals surface area contributed by atoms with Gasteiger partial charge in [-0.1, -0.05) is 0 Å². The Labute approximate surface area is 96.5 Å². The summed E-state index contributed by atoms with van der Waals surface area (Å²) in [6.07, 6.45) is -4.23. The predicted octanol–water partition coefficient (Wildman–Crippen LogP) is 1.01. The maximum absolute atomic E-state index is 11.8. The van der Waals surface area contributed by atoms with Gasteiger partial charge in [0.2, 0.25) is 0 Å². The predicted molar refractivity (Wildman–Crippen MR) is 56.9 cm³/mol. The fourth-order valence-corrected chi connectivity index (χ4v) is 1.47. The van der Waals surface area contributed by atoms with E-state index in [2.05, 4.69) is 10.3 Å². The zero-order chi connectivity index (χ0) is 13.1. The molecule has 0 amide bonds. The Bertz CT molecular complexity index is 439. The van der Waals surface area contributed by atoms with E-state index in [4.69, 9.17) is 0 Å². The first-order chi connectivity index (χ1) is 7.79. The Morgan fingerprint density at radius 1 is 1.41 bits per heavy atom. The number of aryl methyl sites for hydroxylation is 2. The molecule has 96 valence electrons. The zero-order valence-electron chi connectivity index (χ0n) is 9.64. The highest BCUT2D eigenvalue weighted by Crippen LogP contribution is 2.11. The van der Waals surface area contributed by atoms with Crippen LogP contribution in [0.15, 0.2) is 10.9 Å². The fraction of sp³-hybridized carbons (Fsp3) is 0.600. The van der Waals surface area contributed by atoms with Crippen molar-refractivity contribution in [3.8, 4) is 0 Å². The van der Waals surface area contributed by atoms with Crippen LogP contribution in [0.25, 0.3) is 0 Å². The van der Waals surface area contributed by atoms with Gasteiger partial charge in [-0.25, -0.2) is 4.79 Å². The van der Waals surface area contributed by atoms with E-state index in [9.17, 15) is 18.0 Å². The molecule has 0 aliphatic rings. The molecule has 4 nitrogen and oxygen atoms in total. The first-order valence-electron chi connectivity index (χ1n) is 5.12. The Morgan fingerprint density at radius 2 is 2.06 bits per heavy atom. The van der Waals surface area contributed by atoms with Crippen LogP contribution < -0.4 is 11.0 Å². The van der Waals surface area contributed by atoms with Crippen molar-refractivity contribution in [2.75, 3.05) is 13.1 Å². The van der Waals surface area contributed by atoms with Gasteiger partial charge in [-0.05, 0) is 19.9 Å². The van der Waals surface area contributed by atoms with Gasteiger partial charge >= 0.3 is 11.9 Å². The molecular weight excluding hydrogens is 235 g/mol.